The van der Waals surface area contributed by atoms with Crippen molar-refractivity contribution in [2.75, 3.05) is 38.2 Å². The van der Waals surface area contributed by atoms with Crippen molar-refractivity contribution in [3.63, 3.8) is 0 Å². The number of anilines is 1. The first-order chi connectivity index (χ1) is 19.0. The van der Waals surface area contributed by atoms with E-state index in [4.69, 9.17) is 21.3 Å². The first-order valence-electron chi connectivity index (χ1n) is 13.7. The fourth-order valence-electron chi connectivity index (χ4n) is 6.65. The van der Waals surface area contributed by atoms with Gasteiger partial charge in [-0.25, -0.2) is 4.39 Å². The lowest BCUT2D eigenvalue weighted by Crippen LogP contribution is -2.52. The molecule has 3 saturated heterocycles. The van der Waals surface area contributed by atoms with Gasteiger partial charge in [-0.3, -0.25) is 0 Å². The second kappa shape index (κ2) is 9.77. The number of hydrogen-bond donors (Lipinski definition) is 2. The van der Waals surface area contributed by atoms with E-state index in [-0.39, 0.29) is 46.0 Å². The predicted molar refractivity (Wildman–Crippen MR) is 152 cm³/mol. The van der Waals surface area contributed by atoms with Crippen LogP contribution in [0.4, 0.5) is 10.2 Å². The summed E-state index contributed by atoms with van der Waals surface area (Å²) >= 11 is 6.85. The maximum Gasteiger partial charge on any atom is 0.319 e. The summed E-state index contributed by atoms with van der Waals surface area (Å²) in [6.07, 6.45) is 4.29. The van der Waals surface area contributed by atoms with Crippen LogP contribution in [0.25, 0.3) is 32.8 Å². The highest BCUT2D eigenvalue weighted by molar-refractivity contribution is 6.35. The van der Waals surface area contributed by atoms with E-state index in [1.165, 1.54) is 0 Å². The van der Waals surface area contributed by atoms with E-state index >= 15 is 4.39 Å². The van der Waals surface area contributed by atoms with Gasteiger partial charge in [0.15, 0.2) is 5.82 Å². The van der Waals surface area contributed by atoms with Gasteiger partial charge in [0.25, 0.3) is 0 Å². The largest absolute Gasteiger partial charge is 0.508 e. The number of nitrogens with zero attached hydrogens (tertiary/aromatic N) is 4. The Balaban J connectivity index is 1.41. The van der Waals surface area contributed by atoms with E-state index in [1.54, 1.807) is 18.2 Å². The van der Waals surface area contributed by atoms with E-state index in [9.17, 15) is 5.11 Å². The molecule has 0 spiro atoms. The summed E-state index contributed by atoms with van der Waals surface area (Å²) in [5, 5.41) is 16.4. The van der Waals surface area contributed by atoms with E-state index in [0.29, 0.717) is 23.4 Å². The van der Waals surface area contributed by atoms with Gasteiger partial charge >= 0.3 is 6.01 Å². The van der Waals surface area contributed by atoms with Gasteiger partial charge in [0.2, 0.25) is 0 Å². The van der Waals surface area contributed by atoms with Crippen LogP contribution in [-0.4, -0.2) is 71.4 Å². The lowest BCUT2D eigenvalue weighted by atomic mass is 9.96. The van der Waals surface area contributed by atoms with Crippen molar-refractivity contribution in [2.24, 2.45) is 0 Å². The van der Waals surface area contributed by atoms with Crippen molar-refractivity contribution < 1.29 is 14.2 Å². The molecule has 4 aromatic rings. The van der Waals surface area contributed by atoms with Crippen LogP contribution in [0.2, 0.25) is 5.02 Å². The summed E-state index contributed by atoms with van der Waals surface area (Å²) < 4.78 is 22.8. The molecule has 0 saturated carbocycles. The highest BCUT2D eigenvalue weighted by atomic mass is 35.5. The molecule has 0 aliphatic carbocycles. The topological polar surface area (TPSA) is 73.8 Å². The second-order valence-electron chi connectivity index (χ2n) is 11.0. The van der Waals surface area contributed by atoms with Gasteiger partial charge in [0.05, 0.1) is 5.02 Å². The number of hydrogen-bond acceptors (Lipinski definition) is 7. The highest BCUT2D eigenvalue weighted by Crippen LogP contribution is 2.44. The zero-order valence-electron chi connectivity index (χ0n) is 21.8. The SMILES string of the molecule is CN1CCC[C@H]1COc1nc(N2C3CCC2CNC3)c2cc(Cl)c(-c3cc(O)cc4ccccc34)c(F)c2n1. The van der Waals surface area contributed by atoms with Crippen LogP contribution >= 0.6 is 11.6 Å². The minimum Gasteiger partial charge on any atom is -0.508 e. The van der Waals surface area contributed by atoms with Gasteiger partial charge in [0, 0.05) is 42.2 Å². The van der Waals surface area contributed by atoms with Crippen LogP contribution in [0.5, 0.6) is 11.8 Å². The standard InChI is InChI=1S/C30H31ClFN5O2/c1-36-10-4-6-20(36)16-39-30-34-28-24(29(35-30)37-18-8-9-19(37)15-33-14-18)13-25(31)26(27(28)32)23-12-21(38)11-17-5-2-3-7-22(17)23/h2-3,5,7,11-13,18-20,33,38H,4,6,8-10,14-16H2,1H3/t18?,19?,20-/m0/s1. The van der Waals surface area contributed by atoms with Crippen molar-refractivity contribution in [3.05, 3.63) is 53.3 Å². The first kappa shape index (κ1) is 24.8. The van der Waals surface area contributed by atoms with Crippen molar-refractivity contribution in [2.45, 2.75) is 43.8 Å². The van der Waals surface area contributed by atoms with E-state index in [2.05, 4.69) is 27.1 Å². The maximum atomic E-state index is 16.7. The first-order valence-corrected chi connectivity index (χ1v) is 14.1. The molecule has 7 rings (SSSR count). The quantitative estimate of drug-likeness (QED) is 0.348. The van der Waals surface area contributed by atoms with Crippen LogP contribution in [0.3, 0.4) is 0 Å². The van der Waals surface area contributed by atoms with E-state index < -0.39 is 5.82 Å². The van der Waals surface area contributed by atoms with Crippen LogP contribution in [0.15, 0.2) is 42.5 Å². The molecule has 3 aliphatic rings. The molecule has 3 aromatic carbocycles. The average molecular weight is 548 g/mol. The van der Waals surface area contributed by atoms with E-state index in [1.807, 2.05) is 24.3 Å². The van der Waals surface area contributed by atoms with Crippen molar-refractivity contribution in [3.8, 4) is 22.9 Å². The molecule has 3 atom stereocenters. The number of halogens is 2. The Hall–Kier alpha value is -3.20. The smallest absolute Gasteiger partial charge is 0.319 e. The molecule has 202 valence electrons. The lowest BCUT2D eigenvalue weighted by molar-refractivity contribution is 0.188. The molecule has 3 aliphatic heterocycles. The number of piperazine rings is 1. The van der Waals surface area contributed by atoms with Crippen LogP contribution in [0, 0.1) is 5.82 Å². The third kappa shape index (κ3) is 4.26. The predicted octanol–water partition coefficient (Wildman–Crippen LogP) is 5.36. The number of aromatic nitrogens is 2. The molecular formula is C30H31ClFN5O2. The van der Waals surface area contributed by atoms with Crippen molar-refractivity contribution in [1.82, 2.24) is 20.2 Å². The minimum atomic E-state index is -0.540. The minimum absolute atomic E-state index is 0.0461. The summed E-state index contributed by atoms with van der Waals surface area (Å²) in [6, 6.07) is 13.6. The average Bonchev–Trinajstić information content (AvgIpc) is 3.45. The molecule has 2 N–H and O–H groups in total. The number of likely N-dealkylation sites (tertiary alicyclic amines) is 1. The molecule has 2 unspecified atom stereocenters. The van der Waals surface area contributed by atoms with Gasteiger partial charge in [-0.1, -0.05) is 35.9 Å². The normalized spacial score (nSPS) is 23.3. The monoisotopic (exact) mass is 547 g/mol. The molecule has 0 amide bonds. The van der Waals surface area contributed by atoms with Gasteiger partial charge in [-0.05, 0) is 73.8 Å². The van der Waals surface area contributed by atoms with Gasteiger partial charge in [0.1, 0.15) is 23.7 Å². The molecule has 9 heteroatoms. The number of likely N-dealkylation sites (N-methyl/N-ethyl adjacent to an activating group) is 1. The van der Waals surface area contributed by atoms with Crippen LogP contribution in [-0.2, 0) is 0 Å². The molecule has 1 aromatic heterocycles. The lowest BCUT2D eigenvalue weighted by Gasteiger charge is -2.37. The number of aromatic hydroxyl groups is 1. The molecular weight excluding hydrogens is 517 g/mol. The van der Waals surface area contributed by atoms with Gasteiger partial charge in [-0.15, -0.1) is 0 Å². The van der Waals surface area contributed by atoms with Crippen molar-refractivity contribution >= 4 is 39.1 Å². The Bertz CT molecular complexity index is 1570. The van der Waals surface area contributed by atoms with Crippen LogP contribution < -0.4 is 15.0 Å². The summed E-state index contributed by atoms with van der Waals surface area (Å²) in [7, 11) is 2.10. The summed E-state index contributed by atoms with van der Waals surface area (Å²) in [6.45, 7) is 3.20. The zero-order chi connectivity index (χ0) is 26.7. The Kier molecular flexibility index (Phi) is 6.21. The zero-order valence-corrected chi connectivity index (χ0v) is 22.6. The number of benzene rings is 3. The molecule has 3 fully saturated rings. The molecule has 2 bridgehead atoms. The van der Waals surface area contributed by atoms with Gasteiger partial charge in [-0.2, -0.15) is 9.97 Å². The second-order valence-corrected chi connectivity index (χ2v) is 11.4. The number of nitrogens with one attached hydrogen (secondary N) is 1. The molecule has 39 heavy (non-hydrogen) atoms. The molecule has 0 radical (unpaired) electrons. The third-order valence-electron chi connectivity index (χ3n) is 8.66. The third-order valence-corrected chi connectivity index (χ3v) is 8.96. The number of fused-ring (bicyclic) bond motifs is 4. The van der Waals surface area contributed by atoms with Crippen LogP contribution in [0.1, 0.15) is 25.7 Å². The Morgan fingerprint density at radius 1 is 1.08 bits per heavy atom. The van der Waals surface area contributed by atoms with E-state index in [0.717, 1.165) is 56.1 Å². The Morgan fingerprint density at radius 3 is 2.64 bits per heavy atom. The summed E-state index contributed by atoms with van der Waals surface area (Å²) in [5.41, 5.74) is 0.915. The maximum absolute atomic E-state index is 16.7. The number of ether oxygens (including phenoxy) is 1. The molecule has 4 heterocycles. The number of rotatable bonds is 5. The Labute approximate surface area is 231 Å². The molecule has 7 nitrogen and oxygen atoms in total. The Morgan fingerprint density at radius 2 is 1.87 bits per heavy atom. The number of phenolic OH excluding ortho intramolecular Hbond substituents is 1. The fourth-order valence-corrected chi connectivity index (χ4v) is 6.95. The van der Waals surface area contributed by atoms with Gasteiger partial charge < -0.3 is 25.0 Å². The summed E-state index contributed by atoms with van der Waals surface area (Å²) in [4.78, 5) is 14.1. The highest BCUT2D eigenvalue weighted by Gasteiger charge is 2.39. The number of phenols is 1. The fraction of sp³-hybridized carbons (Fsp3) is 0.400. The van der Waals surface area contributed by atoms with Crippen molar-refractivity contribution in [1.29, 1.82) is 0 Å². The summed E-state index contributed by atoms with van der Waals surface area (Å²) in [5.74, 6) is 0.184.